The molecule has 2 rings (SSSR count). The highest BCUT2D eigenvalue weighted by Crippen LogP contribution is 2.30. The Morgan fingerprint density at radius 2 is 2.27 bits per heavy atom. The molecule has 0 atom stereocenters. The van der Waals surface area contributed by atoms with Crippen LogP contribution in [0.5, 0.6) is 0 Å². The van der Waals surface area contributed by atoms with Crippen molar-refractivity contribution in [3.8, 4) is 6.07 Å². The summed E-state index contributed by atoms with van der Waals surface area (Å²) >= 11 is 0. The summed E-state index contributed by atoms with van der Waals surface area (Å²) in [6.07, 6.45) is 0. The summed E-state index contributed by atoms with van der Waals surface area (Å²) in [5.74, 6) is 0.371. The van der Waals surface area contributed by atoms with Crippen LogP contribution in [0.25, 0.3) is 0 Å². The maximum atomic E-state index is 9.01. The second-order valence-electron chi connectivity index (χ2n) is 4.04. The molecule has 0 amide bonds. The smallest absolute Gasteiger partial charge is 0.101 e. The largest absolute Gasteiger partial charge is 0.396 e. The van der Waals surface area contributed by atoms with E-state index >= 15 is 0 Å². The fourth-order valence-corrected chi connectivity index (χ4v) is 2.04. The van der Waals surface area contributed by atoms with Gasteiger partial charge in [0.25, 0.3) is 0 Å². The van der Waals surface area contributed by atoms with Crippen LogP contribution in [-0.4, -0.2) is 24.8 Å². The maximum absolute atomic E-state index is 9.01. The number of aliphatic hydroxyl groups is 1. The van der Waals surface area contributed by atoms with Crippen LogP contribution in [-0.2, 0) is 0 Å². The molecule has 3 nitrogen and oxygen atoms in total. The maximum Gasteiger partial charge on any atom is 0.101 e. The van der Waals surface area contributed by atoms with Crippen LogP contribution in [0.15, 0.2) is 18.2 Å². The Labute approximate surface area is 89.6 Å². The molecule has 1 fully saturated rings. The molecule has 3 heteroatoms. The molecule has 0 aliphatic carbocycles. The van der Waals surface area contributed by atoms with Crippen molar-refractivity contribution in [1.82, 2.24) is 0 Å². The van der Waals surface area contributed by atoms with Gasteiger partial charge in [0, 0.05) is 25.6 Å². The van der Waals surface area contributed by atoms with Gasteiger partial charge < -0.3 is 10.0 Å². The zero-order valence-electron chi connectivity index (χ0n) is 8.77. The van der Waals surface area contributed by atoms with Crippen LogP contribution in [0, 0.1) is 24.2 Å². The van der Waals surface area contributed by atoms with E-state index in [1.807, 2.05) is 25.1 Å². The number of nitrogens with zero attached hydrogens (tertiary/aromatic N) is 2. The molecular weight excluding hydrogens is 188 g/mol. The summed E-state index contributed by atoms with van der Waals surface area (Å²) in [5, 5.41) is 18.0. The van der Waals surface area contributed by atoms with Crippen molar-refractivity contribution in [2.24, 2.45) is 5.92 Å². The number of anilines is 1. The van der Waals surface area contributed by atoms with Crippen LogP contribution in [0.4, 0.5) is 5.69 Å². The fourth-order valence-electron chi connectivity index (χ4n) is 2.04. The summed E-state index contributed by atoms with van der Waals surface area (Å²) in [6.45, 7) is 3.97. The quantitative estimate of drug-likeness (QED) is 0.786. The summed E-state index contributed by atoms with van der Waals surface area (Å²) in [6, 6.07) is 7.98. The van der Waals surface area contributed by atoms with Gasteiger partial charge in [-0.2, -0.15) is 5.26 Å². The van der Waals surface area contributed by atoms with Crippen molar-refractivity contribution in [2.75, 3.05) is 24.6 Å². The molecule has 0 aromatic heterocycles. The lowest BCUT2D eigenvalue weighted by molar-refractivity contribution is 0.200. The zero-order chi connectivity index (χ0) is 10.8. The SMILES string of the molecule is Cc1cccc(C#N)c1N1CC(CO)C1. The van der Waals surface area contributed by atoms with E-state index in [1.165, 1.54) is 0 Å². The Morgan fingerprint density at radius 1 is 1.53 bits per heavy atom. The molecule has 1 N–H and O–H groups in total. The van der Waals surface area contributed by atoms with Crippen LogP contribution >= 0.6 is 0 Å². The van der Waals surface area contributed by atoms with Crippen molar-refractivity contribution in [2.45, 2.75) is 6.92 Å². The van der Waals surface area contributed by atoms with Crippen LogP contribution < -0.4 is 4.90 Å². The van der Waals surface area contributed by atoms with Crippen LogP contribution in [0.1, 0.15) is 11.1 Å². The molecule has 1 aliphatic rings. The average Bonchev–Trinajstić information content (AvgIpc) is 2.18. The minimum absolute atomic E-state index is 0.240. The second-order valence-corrected chi connectivity index (χ2v) is 4.04. The first-order valence-electron chi connectivity index (χ1n) is 5.11. The Bertz CT molecular complexity index is 403. The van der Waals surface area contributed by atoms with Gasteiger partial charge in [0.15, 0.2) is 0 Å². The van der Waals surface area contributed by atoms with Crippen LogP contribution in [0.2, 0.25) is 0 Å². The molecule has 0 unspecified atom stereocenters. The summed E-state index contributed by atoms with van der Waals surface area (Å²) in [7, 11) is 0. The molecule has 0 bridgehead atoms. The van der Waals surface area contributed by atoms with Gasteiger partial charge in [0.2, 0.25) is 0 Å². The zero-order valence-corrected chi connectivity index (χ0v) is 8.77. The monoisotopic (exact) mass is 202 g/mol. The highest BCUT2D eigenvalue weighted by Gasteiger charge is 2.28. The molecule has 1 aromatic carbocycles. The van der Waals surface area contributed by atoms with E-state index < -0.39 is 0 Å². The number of aryl methyl sites for hydroxylation is 1. The Morgan fingerprint density at radius 3 is 2.87 bits per heavy atom. The topological polar surface area (TPSA) is 47.3 Å². The number of hydrogen-bond donors (Lipinski definition) is 1. The molecule has 15 heavy (non-hydrogen) atoms. The van der Waals surface area contributed by atoms with Gasteiger partial charge in [0.1, 0.15) is 6.07 Å². The van der Waals surface area contributed by atoms with Crippen molar-refractivity contribution >= 4 is 5.69 Å². The Hall–Kier alpha value is -1.53. The van der Waals surface area contributed by atoms with E-state index in [-0.39, 0.29) is 6.61 Å². The Kier molecular flexibility index (Phi) is 2.61. The van der Waals surface area contributed by atoms with Gasteiger partial charge in [-0.3, -0.25) is 0 Å². The van der Waals surface area contributed by atoms with E-state index in [9.17, 15) is 0 Å². The molecule has 1 heterocycles. The predicted octanol–water partition coefficient (Wildman–Crippen LogP) is 1.30. The number of benzene rings is 1. The first kappa shape index (κ1) is 10.0. The normalized spacial score (nSPS) is 15.9. The number of rotatable bonds is 2. The van der Waals surface area contributed by atoms with Gasteiger partial charge in [-0.1, -0.05) is 12.1 Å². The van der Waals surface area contributed by atoms with E-state index in [0.717, 1.165) is 29.9 Å². The van der Waals surface area contributed by atoms with E-state index in [0.29, 0.717) is 5.92 Å². The summed E-state index contributed by atoms with van der Waals surface area (Å²) < 4.78 is 0. The van der Waals surface area contributed by atoms with Gasteiger partial charge in [-0.25, -0.2) is 0 Å². The van der Waals surface area contributed by atoms with Crippen molar-refractivity contribution in [3.63, 3.8) is 0 Å². The molecule has 0 spiro atoms. The first-order chi connectivity index (χ1) is 7.26. The van der Waals surface area contributed by atoms with E-state index in [4.69, 9.17) is 10.4 Å². The second kappa shape index (κ2) is 3.92. The summed E-state index contributed by atoms with van der Waals surface area (Å²) in [5.41, 5.74) is 2.89. The lowest BCUT2D eigenvalue weighted by Crippen LogP contribution is -2.49. The lowest BCUT2D eigenvalue weighted by Gasteiger charge is -2.41. The minimum atomic E-state index is 0.240. The molecule has 1 saturated heterocycles. The number of aliphatic hydroxyl groups excluding tert-OH is 1. The van der Waals surface area contributed by atoms with E-state index in [2.05, 4.69) is 11.0 Å². The molecule has 0 saturated carbocycles. The standard InChI is InChI=1S/C12H14N2O/c1-9-3-2-4-11(5-13)12(9)14-6-10(7-14)8-15/h2-4,10,15H,6-8H2,1H3. The lowest BCUT2D eigenvalue weighted by atomic mass is 9.97. The van der Waals surface area contributed by atoms with Crippen molar-refractivity contribution in [3.05, 3.63) is 29.3 Å². The third-order valence-corrected chi connectivity index (χ3v) is 2.89. The third-order valence-electron chi connectivity index (χ3n) is 2.89. The predicted molar refractivity (Wildman–Crippen MR) is 58.7 cm³/mol. The molecule has 78 valence electrons. The fraction of sp³-hybridized carbons (Fsp3) is 0.417. The third kappa shape index (κ3) is 1.69. The molecule has 1 aliphatic heterocycles. The van der Waals surface area contributed by atoms with Crippen molar-refractivity contribution in [1.29, 1.82) is 5.26 Å². The van der Waals surface area contributed by atoms with E-state index in [1.54, 1.807) is 0 Å². The molecular formula is C12H14N2O. The highest BCUT2D eigenvalue weighted by atomic mass is 16.3. The highest BCUT2D eigenvalue weighted by molar-refractivity contribution is 5.65. The molecule has 1 aromatic rings. The van der Waals surface area contributed by atoms with Crippen LogP contribution in [0.3, 0.4) is 0 Å². The number of para-hydroxylation sites is 1. The van der Waals surface area contributed by atoms with Gasteiger partial charge in [-0.05, 0) is 18.6 Å². The number of hydrogen-bond acceptors (Lipinski definition) is 3. The minimum Gasteiger partial charge on any atom is -0.396 e. The average molecular weight is 202 g/mol. The van der Waals surface area contributed by atoms with Gasteiger partial charge >= 0.3 is 0 Å². The molecule has 0 radical (unpaired) electrons. The summed E-state index contributed by atoms with van der Waals surface area (Å²) in [4.78, 5) is 2.16. The van der Waals surface area contributed by atoms with Crippen molar-refractivity contribution < 1.29 is 5.11 Å². The Balaban J connectivity index is 2.25. The first-order valence-corrected chi connectivity index (χ1v) is 5.11. The van der Waals surface area contributed by atoms with Gasteiger partial charge in [-0.15, -0.1) is 0 Å². The van der Waals surface area contributed by atoms with Gasteiger partial charge in [0.05, 0.1) is 11.3 Å². The number of nitriles is 1.